The van der Waals surface area contributed by atoms with Crippen molar-refractivity contribution in [3.63, 3.8) is 0 Å². The number of carboxylic acid groups (broad SMARTS) is 1. The summed E-state index contributed by atoms with van der Waals surface area (Å²) in [6.07, 6.45) is 1.92. The topological polar surface area (TPSA) is 86.7 Å². The van der Waals surface area contributed by atoms with Crippen LogP contribution < -0.4 is 10.2 Å². The van der Waals surface area contributed by atoms with Crippen LogP contribution in [0.3, 0.4) is 0 Å². The molecule has 1 aliphatic heterocycles. The first-order chi connectivity index (χ1) is 10.5. The molecule has 0 radical (unpaired) electrons. The van der Waals surface area contributed by atoms with Crippen LogP contribution in [0.4, 0.5) is 5.69 Å². The fourth-order valence-corrected chi connectivity index (χ4v) is 2.48. The number of aliphatic carboxylic acids is 1. The van der Waals surface area contributed by atoms with Crippen LogP contribution >= 0.6 is 0 Å². The summed E-state index contributed by atoms with van der Waals surface area (Å²) in [4.78, 5) is 36.1. The molecule has 2 N–H and O–H groups in total. The van der Waals surface area contributed by atoms with Crippen LogP contribution in [0.25, 0.3) is 0 Å². The highest BCUT2D eigenvalue weighted by Gasteiger charge is 2.21. The first-order valence-corrected chi connectivity index (χ1v) is 7.42. The third kappa shape index (κ3) is 3.84. The molecule has 6 nitrogen and oxygen atoms in total. The predicted octanol–water partition coefficient (Wildman–Crippen LogP) is 1.34. The lowest BCUT2D eigenvalue weighted by Gasteiger charge is -2.16. The van der Waals surface area contributed by atoms with Gasteiger partial charge in [0.1, 0.15) is 6.04 Å². The largest absolute Gasteiger partial charge is 0.480 e. The normalized spacial score (nSPS) is 15.7. The van der Waals surface area contributed by atoms with E-state index in [1.165, 1.54) is 0 Å². The number of carbonyl (C=O) groups excluding carboxylic acids is 2. The summed E-state index contributed by atoms with van der Waals surface area (Å²) in [5, 5.41) is 11.4. The van der Waals surface area contributed by atoms with Gasteiger partial charge in [0.05, 0.1) is 6.42 Å². The van der Waals surface area contributed by atoms with Crippen molar-refractivity contribution in [3.8, 4) is 0 Å². The molecule has 0 bridgehead atoms. The van der Waals surface area contributed by atoms with E-state index in [2.05, 4.69) is 5.32 Å². The summed E-state index contributed by atoms with van der Waals surface area (Å²) in [6.45, 7) is 2.44. The molecule has 0 aliphatic carbocycles. The first-order valence-electron chi connectivity index (χ1n) is 7.42. The molecule has 1 atom stereocenters. The molecule has 6 heteroatoms. The Morgan fingerprint density at radius 3 is 2.50 bits per heavy atom. The fourth-order valence-electron chi connectivity index (χ4n) is 2.48. The van der Waals surface area contributed by atoms with Crippen molar-refractivity contribution in [2.24, 2.45) is 0 Å². The van der Waals surface area contributed by atoms with E-state index in [-0.39, 0.29) is 18.2 Å². The maximum Gasteiger partial charge on any atom is 0.326 e. The molecule has 0 spiro atoms. The highest BCUT2D eigenvalue weighted by molar-refractivity contribution is 5.95. The number of anilines is 1. The van der Waals surface area contributed by atoms with E-state index in [1.807, 2.05) is 12.1 Å². The van der Waals surface area contributed by atoms with Gasteiger partial charge in [-0.25, -0.2) is 4.79 Å². The Bertz CT molecular complexity index is 568. The van der Waals surface area contributed by atoms with E-state index in [1.54, 1.807) is 24.0 Å². The van der Waals surface area contributed by atoms with Crippen LogP contribution in [0, 0.1) is 0 Å². The zero-order valence-corrected chi connectivity index (χ0v) is 12.5. The Morgan fingerprint density at radius 1 is 1.32 bits per heavy atom. The van der Waals surface area contributed by atoms with E-state index in [4.69, 9.17) is 5.11 Å². The van der Waals surface area contributed by atoms with Crippen molar-refractivity contribution in [3.05, 3.63) is 29.8 Å². The third-order valence-electron chi connectivity index (χ3n) is 3.73. The number of nitrogens with zero attached hydrogens (tertiary/aromatic N) is 1. The number of hydrogen-bond acceptors (Lipinski definition) is 3. The molecule has 0 aromatic heterocycles. The Balaban J connectivity index is 1.95. The molecule has 1 heterocycles. The zero-order chi connectivity index (χ0) is 16.1. The van der Waals surface area contributed by atoms with Gasteiger partial charge in [-0.2, -0.15) is 0 Å². The maximum absolute atomic E-state index is 11.8. The summed E-state index contributed by atoms with van der Waals surface area (Å²) >= 11 is 0. The predicted molar refractivity (Wildman–Crippen MR) is 81.6 cm³/mol. The van der Waals surface area contributed by atoms with Crippen molar-refractivity contribution in [2.45, 2.75) is 38.6 Å². The number of carbonyl (C=O) groups is 3. The lowest BCUT2D eigenvalue weighted by atomic mass is 10.1. The monoisotopic (exact) mass is 304 g/mol. The van der Waals surface area contributed by atoms with E-state index >= 15 is 0 Å². The van der Waals surface area contributed by atoms with Crippen molar-refractivity contribution in [2.75, 3.05) is 11.4 Å². The minimum atomic E-state index is -1.03. The second-order valence-corrected chi connectivity index (χ2v) is 5.36. The minimum Gasteiger partial charge on any atom is -0.480 e. The summed E-state index contributed by atoms with van der Waals surface area (Å²) in [7, 11) is 0. The van der Waals surface area contributed by atoms with Gasteiger partial charge >= 0.3 is 5.97 Å². The van der Waals surface area contributed by atoms with Gasteiger partial charge in [0.25, 0.3) is 0 Å². The van der Waals surface area contributed by atoms with Gasteiger partial charge in [-0.1, -0.05) is 19.1 Å². The quantitative estimate of drug-likeness (QED) is 0.830. The Morgan fingerprint density at radius 2 is 2.00 bits per heavy atom. The molecular weight excluding hydrogens is 284 g/mol. The molecule has 1 aromatic carbocycles. The lowest BCUT2D eigenvalue weighted by molar-refractivity contribution is -0.141. The van der Waals surface area contributed by atoms with Gasteiger partial charge in [-0.05, 0) is 30.5 Å². The number of amides is 2. The van der Waals surface area contributed by atoms with E-state index in [0.717, 1.165) is 24.2 Å². The number of nitrogens with one attached hydrogen (secondary N) is 1. The molecule has 2 amide bonds. The average molecular weight is 304 g/mol. The van der Waals surface area contributed by atoms with Crippen LogP contribution in [-0.2, 0) is 20.8 Å². The van der Waals surface area contributed by atoms with E-state index < -0.39 is 12.0 Å². The van der Waals surface area contributed by atoms with Crippen LogP contribution in [0.2, 0.25) is 0 Å². The number of hydrogen-bond donors (Lipinski definition) is 2. The van der Waals surface area contributed by atoms with Gasteiger partial charge in [0, 0.05) is 18.7 Å². The van der Waals surface area contributed by atoms with Crippen LogP contribution in [-0.4, -0.2) is 35.5 Å². The van der Waals surface area contributed by atoms with Crippen LogP contribution in [0.5, 0.6) is 0 Å². The van der Waals surface area contributed by atoms with E-state index in [0.29, 0.717) is 12.8 Å². The second kappa shape index (κ2) is 7.06. The number of rotatable bonds is 6. The van der Waals surface area contributed by atoms with Crippen molar-refractivity contribution >= 4 is 23.5 Å². The van der Waals surface area contributed by atoms with E-state index in [9.17, 15) is 14.4 Å². The summed E-state index contributed by atoms with van der Waals surface area (Å²) in [6, 6.07) is 6.37. The standard InChI is InChI=1S/C16H20N2O4/c1-2-13(16(21)22)17-14(19)10-11-5-7-12(8-6-11)18-9-3-4-15(18)20/h5-8,13H,2-4,9-10H2,1H3,(H,17,19)(H,21,22). The van der Waals surface area contributed by atoms with Gasteiger partial charge in [-0.3, -0.25) is 9.59 Å². The Hall–Kier alpha value is -2.37. The maximum atomic E-state index is 11.8. The number of carboxylic acids is 1. The molecule has 1 aromatic rings. The SMILES string of the molecule is CCC(NC(=O)Cc1ccc(N2CCCC2=O)cc1)C(=O)O. The van der Waals surface area contributed by atoms with Gasteiger partial charge < -0.3 is 15.3 Å². The molecule has 118 valence electrons. The van der Waals surface area contributed by atoms with Gasteiger partial charge in [-0.15, -0.1) is 0 Å². The highest BCUT2D eigenvalue weighted by atomic mass is 16.4. The molecule has 1 fully saturated rings. The van der Waals surface area contributed by atoms with Crippen molar-refractivity contribution in [1.82, 2.24) is 5.32 Å². The Kier molecular flexibility index (Phi) is 5.14. The molecule has 1 unspecified atom stereocenters. The molecule has 22 heavy (non-hydrogen) atoms. The molecule has 1 aliphatic rings. The molecular formula is C16H20N2O4. The summed E-state index contributed by atoms with van der Waals surface area (Å²) in [5.41, 5.74) is 1.62. The second-order valence-electron chi connectivity index (χ2n) is 5.36. The van der Waals surface area contributed by atoms with Crippen LogP contribution in [0.15, 0.2) is 24.3 Å². The fraction of sp³-hybridized carbons (Fsp3) is 0.438. The Labute approximate surface area is 129 Å². The molecule has 2 rings (SSSR count). The van der Waals surface area contributed by atoms with Gasteiger partial charge in [0.15, 0.2) is 0 Å². The molecule has 1 saturated heterocycles. The highest BCUT2D eigenvalue weighted by Crippen LogP contribution is 2.21. The number of benzene rings is 1. The van der Waals surface area contributed by atoms with Crippen molar-refractivity contribution in [1.29, 1.82) is 0 Å². The summed E-state index contributed by atoms with van der Waals surface area (Å²) < 4.78 is 0. The van der Waals surface area contributed by atoms with Gasteiger partial charge in [0.2, 0.25) is 11.8 Å². The smallest absolute Gasteiger partial charge is 0.326 e. The molecule has 0 saturated carbocycles. The minimum absolute atomic E-state index is 0.123. The van der Waals surface area contributed by atoms with Crippen molar-refractivity contribution < 1.29 is 19.5 Å². The summed E-state index contributed by atoms with van der Waals surface area (Å²) in [5.74, 6) is -1.23. The average Bonchev–Trinajstić information content (AvgIpc) is 2.91. The zero-order valence-electron chi connectivity index (χ0n) is 12.5. The van der Waals surface area contributed by atoms with Crippen LogP contribution in [0.1, 0.15) is 31.7 Å². The first kappa shape index (κ1) is 16.0. The lowest BCUT2D eigenvalue weighted by Crippen LogP contribution is -2.40. The third-order valence-corrected chi connectivity index (χ3v) is 3.73.